The highest BCUT2D eigenvalue weighted by atomic mass is 16.6. The Morgan fingerprint density at radius 2 is 1.90 bits per heavy atom. The molecule has 1 amide bonds. The van der Waals surface area contributed by atoms with Crippen molar-refractivity contribution >= 4 is 11.9 Å². The van der Waals surface area contributed by atoms with Crippen molar-refractivity contribution < 1.29 is 14.3 Å². The molecule has 0 saturated carbocycles. The number of ether oxygens (including phenoxy) is 1. The van der Waals surface area contributed by atoms with E-state index >= 15 is 0 Å². The Kier molecular flexibility index (Phi) is 5.50. The standard InChI is InChI=1S/C16H21NO3/c1-5-14(18)17-11-13(12-9-7-6-8-10-12)15(19)20-16(2,3)4/h5-10,13H,1,11H2,2-4H3,(H,17,18)/t13-/m0/s1. The molecular formula is C16H21NO3. The molecule has 1 N–H and O–H groups in total. The summed E-state index contributed by atoms with van der Waals surface area (Å²) >= 11 is 0. The van der Waals surface area contributed by atoms with Gasteiger partial charge in [0, 0.05) is 6.54 Å². The lowest BCUT2D eigenvalue weighted by Gasteiger charge is -2.24. The SMILES string of the molecule is C=CC(=O)NC[C@H](C(=O)OC(C)(C)C)c1ccccc1. The Bertz CT molecular complexity index is 474. The predicted molar refractivity (Wildman–Crippen MR) is 78.2 cm³/mol. The molecular weight excluding hydrogens is 254 g/mol. The quantitative estimate of drug-likeness (QED) is 0.663. The number of rotatable bonds is 5. The minimum atomic E-state index is -0.563. The van der Waals surface area contributed by atoms with Gasteiger partial charge in [-0.1, -0.05) is 36.9 Å². The minimum Gasteiger partial charge on any atom is -0.459 e. The molecule has 0 saturated heterocycles. The summed E-state index contributed by atoms with van der Waals surface area (Å²) in [5.74, 6) is -1.19. The van der Waals surface area contributed by atoms with E-state index in [1.54, 1.807) is 0 Å². The molecule has 20 heavy (non-hydrogen) atoms. The predicted octanol–water partition coefficient (Wildman–Crippen LogP) is 2.41. The first-order chi connectivity index (χ1) is 9.33. The summed E-state index contributed by atoms with van der Waals surface area (Å²) in [5.41, 5.74) is 0.248. The van der Waals surface area contributed by atoms with Gasteiger partial charge in [0.1, 0.15) is 5.60 Å². The molecule has 1 rings (SSSR count). The second kappa shape index (κ2) is 6.89. The summed E-state index contributed by atoms with van der Waals surface area (Å²) in [6.45, 7) is 9.02. The van der Waals surface area contributed by atoms with Gasteiger partial charge in [0.2, 0.25) is 5.91 Å². The molecule has 0 radical (unpaired) electrons. The molecule has 0 aliphatic carbocycles. The normalized spacial score (nSPS) is 12.3. The largest absolute Gasteiger partial charge is 0.459 e. The Hall–Kier alpha value is -2.10. The summed E-state index contributed by atoms with van der Waals surface area (Å²) in [7, 11) is 0. The molecule has 0 bridgehead atoms. The minimum absolute atomic E-state index is 0.184. The van der Waals surface area contributed by atoms with E-state index in [9.17, 15) is 9.59 Å². The van der Waals surface area contributed by atoms with Crippen LogP contribution >= 0.6 is 0 Å². The molecule has 0 unspecified atom stereocenters. The highest BCUT2D eigenvalue weighted by molar-refractivity contribution is 5.87. The lowest BCUT2D eigenvalue weighted by molar-refractivity contribution is -0.156. The van der Waals surface area contributed by atoms with E-state index in [1.807, 2.05) is 51.1 Å². The number of amides is 1. The summed E-state index contributed by atoms with van der Waals surface area (Å²) < 4.78 is 5.40. The molecule has 4 heteroatoms. The van der Waals surface area contributed by atoms with Crippen molar-refractivity contribution in [3.05, 3.63) is 48.6 Å². The molecule has 0 heterocycles. The highest BCUT2D eigenvalue weighted by Gasteiger charge is 2.26. The zero-order valence-electron chi connectivity index (χ0n) is 12.2. The van der Waals surface area contributed by atoms with Crippen LogP contribution in [0.1, 0.15) is 32.3 Å². The fourth-order valence-electron chi connectivity index (χ4n) is 1.67. The lowest BCUT2D eigenvalue weighted by Crippen LogP contribution is -2.34. The van der Waals surface area contributed by atoms with Crippen LogP contribution in [0.2, 0.25) is 0 Å². The van der Waals surface area contributed by atoms with Gasteiger partial charge in [0.05, 0.1) is 5.92 Å². The van der Waals surface area contributed by atoms with Gasteiger partial charge in [0.25, 0.3) is 0 Å². The van der Waals surface area contributed by atoms with E-state index in [0.717, 1.165) is 5.56 Å². The molecule has 0 aliphatic rings. The van der Waals surface area contributed by atoms with Crippen LogP contribution in [0, 0.1) is 0 Å². The molecule has 0 aliphatic heterocycles. The third-order valence-corrected chi connectivity index (χ3v) is 2.56. The fraction of sp³-hybridized carbons (Fsp3) is 0.375. The molecule has 108 valence electrons. The maximum atomic E-state index is 12.3. The Morgan fingerprint density at radius 3 is 2.40 bits per heavy atom. The van der Waals surface area contributed by atoms with Crippen LogP contribution in [0.15, 0.2) is 43.0 Å². The van der Waals surface area contributed by atoms with Crippen molar-refractivity contribution in [2.75, 3.05) is 6.54 Å². The van der Waals surface area contributed by atoms with Crippen molar-refractivity contribution in [3.8, 4) is 0 Å². The van der Waals surface area contributed by atoms with E-state index in [2.05, 4.69) is 11.9 Å². The number of hydrogen-bond donors (Lipinski definition) is 1. The van der Waals surface area contributed by atoms with Gasteiger partial charge in [-0.15, -0.1) is 0 Å². The second-order valence-corrected chi connectivity index (χ2v) is 5.45. The smallest absolute Gasteiger partial charge is 0.315 e. The van der Waals surface area contributed by atoms with Crippen molar-refractivity contribution in [3.63, 3.8) is 0 Å². The van der Waals surface area contributed by atoms with Crippen molar-refractivity contribution in [1.82, 2.24) is 5.32 Å². The average molecular weight is 275 g/mol. The van der Waals surface area contributed by atoms with Crippen molar-refractivity contribution in [1.29, 1.82) is 0 Å². The Morgan fingerprint density at radius 1 is 1.30 bits per heavy atom. The van der Waals surface area contributed by atoms with Gasteiger partial charge in [-0.25, -0.2) is 0 Å². The Labute approximate surface area is 119 Å². The van der Waals surface area contributed by atoms with Gasteiger partial charge in [-0.3, -0.25) is 9.59 Å². The molecule has 0 aromatic heterocycles. The molecule has 1 aromatic carbocycles. The van der Waals surface area contributed by atoms with Crippen molar-refractivity contribution in [2.45, 2.75) is 32.3 Å². The number of carbonyl (C=O) groups excluding carboxylic acids is 2. The second-order valence-electron chi connectivity index (χ2n) is 5.45. The van der Waals surface area contributed by atoms with Gasteiger partial charge in [-0.05, 0) is 32.4 Å². The number of esters is 1. The van der Waals surface area contributed by atoms with E-state index in [1.165, 1.54) is 6.08 Å². The number of hydrogen-bond acceptors (Lipinski definition) is 3. The van der Waals surface area contributed by atoms with Crippen LogP contribution in [0.5, 0.6) is 0 Å². The first-order valence-corrected chi connectivity index (χ1v) is 6.51. The Balaban J connectivity index is 2.87. The number of benzene rings is 1. The highest BCUT2D eigenvalue weighted by Crippen LogP contribution is 2.20. The van der Waals surface area contributed by atoms with Crippen LogP contribution in [0.3, 0.4) is 0 Å². The first kappa shape index (κ1) is 16.0. The summed E-state index contributed by atoms with van der Waals surface area (Å²) in [4.78, 5) is 23.5. The first-order valence-electron chi connectivity index (χ1n) is 6.51. The molecule has 0 spiro atoms. The van der Waals surface area contributed by atoms with E-state index in [-0.39, 0.29) is 18.4 Å². The van der Waals surface area contributed by atoms with Crippen LogP contribution in [-0.2, 0) is 14.3 Å². The monoisotopic (exact) mass is 275 g/mol. The maximum absolute atomic E-state index is 12.3. The number of carbonyl (C=O) groups is 2. The third-order valence-electron chi connectivity index (χ3n) is 2.56. The van der Waals surface area contributed by atoms with Gasteiger partial charge in [0.15, 0.2) is 0 Å². The molecule has 1 atom stereocenters. The van der Waals surface area contributed by atoms with Crippen molar-refractivity contribution in [2.24, 2.45) is 0 Å². The van der Waals surface area contributed by atoms with Crippen LogP contribution in [-0.4, -0.2) is 24.0 Å². The molecule has 1 aromatic rings. The van der Waals surface area contributed by atoms with Crippen LogP contribution in [0.25, 0.3) is 0 Å². The number of nitrogens with one attached hydrogen (secondary N) is 1. The van der Waals surface area contributed by atoms with Gasteiger partial charge in [-0.2, -0.15) is 0 Å². The average Bonchev–Trinajstić information content (AvgIpc) is 2.37. The van der Waals surface area contributed by atoms with Gasteiger partial charge < -0.3 is 10.1 Å². The zero-order valence-corrected chi connectivity index (χ0v) is 12.2. The molecule has 4 nitrogen and oxygen atoms in total. The van der Waals surface area contributed by atoms with E-state index in [4.69, 9.17) is 4.74 Å². The fourth-order valence-corrected chi connectivity index (χ4v) is 1.67. The van der Waals surface area contributed by atoms with Crippen LogP contribution in [0.4, 0.5) is 0 Å². The maximum Gasteiger partial charge on any atom is 0.315 e. The summed E-state index contributed by atoms with van der Waals surface area (Å²) in [6, 6.07) is 9.26. The van der Waals surface area contributed by atoms with E-state index < -0.39 is 11.5 Å². The van der Waals surface area contributed by atoms with E-state index in [0.29, 0.717) is 0 Å². The van der Waals surface area contributed by atoms with Gasteiger partial charge >= 0.3 is 5.97 Å². The zero-order chi connectivity index (χ0) is 15.2. The topological polar surface area (TPSA) is 55.4 Å². The van der Waals surface area contributed by atoms with Crippen LogP contribution < -0.4 is 5.32 Å². The molecule has 0 fully saturated rings. The summed E-state index contributed by atoms with van der Waals surface area (Å²) in [5, 5.41) is 2.64. The third kappa shape index (κ3) is 5.26. The lowest BCUT2D eigenvalue weighted by atomic mass is 9.98. The summed E-state index contributed by atoms with van der Waals surface area (Å²) in [6.07, 6.45) is 1.18.